The lowest BCUT2D eigenvalue weighted by Crippen LogP contribution is -2.23. The van der Waals surface area contributed by atoms with E-state index in [9.17, 15) is 4.79 Å². The molecule has 0 aliphatic heterocycles. The topological polar surface area (TPSA) is 51.2 Å². The Hall–Kier alpha value is -2.07. The van der Waals surface area contributed by atoms with E-state index < -0.39 is 0 Å². The van der Waals surface area contributed by atoms with Gasteiger partial charge in [0.15, 0.2) is 0 Å². The lowest BCUT2D eigenvalue weighted by atomic mass is 10.2. The Labute approximate surface area is 129 Å². The molecular weight excluding hydrogens is 288 g/mol. The quantitative estimate of drug-likeness (QED) is 0.921. The zero-order valence-corrected chi connectivity index (χ0v) is 12.8. The van der Waals surface area contributed by atoms with Crippen LogP contribution in [0.25, 0.3) is 0 Å². The van der Waals surface area contributed by atoms with E-state index >= 15 is 0 Å². The van der Waals surface area contributed by atoms with Gasteiger partial charge < -0.3 is 10.1 Å². The number of aromatic nitrogens is 1. The van der Waals surface area contributed by atoms with Crippen LogP contribution in [-0.2, 0) is 6.54 Å². The Bertz CT molecular complexity index is 644. The third-order valence-corrected chi connectivity index (χ3v) is 3.21. The molecule has 0 fully saturated rings. The molecule has 0 aliphatic rings. The average molecular weight is 305 g/mol. The number of pyridine rings is 1. The Kier molecular flexibility index (Phi) is 5.17. The van der Waals surface area contributed by atoms with Crippen LogP contribution < -0.4 is 10.1 Å². The van der Waals surface area contributed by atoms with Crippen molar-refractivity contribution in [3.8, 4) is 5.75 Å². The summed E-state index contributed by atoms with van der Waals surface area (Å²) >= 11 is 6.05. The molecule has 110 valence electrons. The molecule has 1 amide bonds. The molecular formula is C16H17ClN2O2. The van der Waals surface area contributed by atoms with Crippen molar-refractivity contribution in [2.45, 2.75) is 20.4 Å². The highest BCUT2D eigenvalue weighted by molar-refractivity contribution is 6.33. The van der Waals surface area contributed by atoms with E-state index in [0.29, 0.717) is 23.7 Å². The Morgan fingerprint density at radius 2 is 2.19 bits per heavy atom. The molecule has 1 aromatic heterocycles. The van der Waals surface area contributed by atoms with Gasteiger partial charge in [-0.2, -0.15) is 0 Å². The number of hydrogen-bond acceptors (Lipinski definition) is 3. The summed E-state index contributed by atoms with van der Waals surface area (Å²) in [6.07, 6.45) is 1.49. The molecule has 4 nitrogen and oxygen atoms in total. The SMILES string of the molecule is CCOc1cccc(CNC(=O)c2cnc(C)cc2Cl)c1. The summed E-state index contributed by atoms with van der Waals surface area (Å²) in [4.78, 5) is 16.2. The molecule has 0 saturated carbocycles. The predicted molar refractivity (Wildman–Crippen MR) is 82.8 cm³/mol. The fraction of sp³-hybridized carbons (Fsp3) is 0.250. The summed E-state index contributed by atoms with van der Waals surface area (Å²) in [6, 6.07) is 9.28. The number of halogens is 1. The molecule has 2 aromatic rings. The monoisotopic (exact) mass is 304 g/mol. The molecule has 0 saturated heterocycles. The minimum atomic E-state index is -0.241. The van der Waals surface area contributed by atoms with Gasteiger partial charge in [-0.3, -0.25) is 9.78 Å². The van der Waals surface area contributed by atoms with Crippen LogP contribution in [0.4, 0.5) is 0 Å². The maximum atomic E-state index is 12.1. The van der Waals surface area contributed by atoms with E-state index in [-0.39, 0.29) is 5.91 Å². The third kappa shape index (κ3) is 4.20. The van der Waals surface area contributed by atoms with Crippen LogP contribution in [0.3, 0.4) is 0 Å². The Morgan fingerprint density at radius 3 is 2.90 bits per heavy atom. The normalized spacial score (nSPS) is 10.2. The second-order valence-electron chi connectivity index (χ2n) is 4.57. The number of ether oxygens (including phenoxy) is 1. The molecule has 0 aliphatic carbocycles. The van der Waals surface area contributed by atoms with Crippen molar-refractivity contribution in [3.05, 3.63) is 58.4 Å². The molecule has 0 spiro atoms. The molecule has 1 N–H and O–H groups in total. The van der Waals surface area contributed by atoms with Gasteiger partial charge in [-0.1, -0.05) is 23.7 Å². The first-order valence-corrected chi connectivity index (χ1v) is 7.10. The maximum absolute atomic E-state index is 12.1. The van der Waals surface area contributed by atoms with E-state index in [4.69, 9.17) is 16.3 Å². The van der Waals surface area contributed by atoms with Crippen molar-refractivity contribution < 1.29 is 9.53 Å². The summed E-state index contributed by atoms with van der Waals surface area (Å²) in [7, 11) is 0. The van der Waals surface area contributed by atoms with Crippen molar-refractivity contribution in [1.29, 1.82) is 0 Å². The van der Waals surface area contributed by atoms with E-state index in [1.165, 1.54) is 6.20 Å². The number of aryl methyl sites for hydroxylation is 1. The van der Waals surface area contributed by atoms with Crippen LogP contribution >= 0.6 is 11.6 Å². The molecule has 1 heterocycles. The van der Waals surface area contributed by atoms with Crippen molar-refractivity contribution >= 4 is 17.5 Å². The van der Waals surface area contributed by atoms with E-state index in [2.05, 4.69) is 10.3 Å². The predicted octanol–water partition coefficient (Wildman–Crippen LogP) is 3.37. The van der Waals surface area contributed by atoms with Crippen molar-refractivity contribution in [2.24, 2.45) is 0 Å². The Morgan fingerprint density at radius 1 is 1.38 bits per heavy atom. The number of carbonyl (C=O) groups is 1. The lowest BCUT2D eigenvalue weighted by Gasteiger charge is -2.09. The fourth-order valence-corrected chi connectivity index (χ4v) is 2.18. The standard InChI is InChI=1S/C16H17ClN2O2/c1-3-21-13-6-4-5-12(8-13)9-19-16(20)14-10-18-11(2)7-15(14)17/h4-8,10H,3,9H2,1-2H3,(H,19,20). The van der Waals surface area contributed by atoms with Crippen LogP contribution in [0, 0.1) is 6.92 Å². The number of carbonyl (C=O) groups excluding carboxylic acids is 1. The van der Waals surface area contributed by atoms with Crippen molar-refractivity contribution in [3.63, 3.8) is 0 Å². The smallest absolute Gasteiger partial charge is 0.254 e. The molecule has 2 rings (SSSR count). The molecule has 0 radical (unpaired) electrons. The van der Waals surface area contributed by atoms with Crippen LogP contribution in [0.5, 0.6) is 5.75 Å². The summed E-state index contributed by atoms with van der Waals surface area (Å²) in [5, 5.41) is 3.23. The molecule has 5 heteroatoms. The van der Waals surface area contributed by atoms with Crippen LogP contribution in [0.1, 0.15) is 28.5 Å². The number of rotatable bonds is 5. The molecule has 0 bridgehead atoms. The summed E-state index contributed by atoms with van der Waals surface area (Å²) in [5.74, 6) is 0.550. The van der Waals surface area contributed by atoms with Gasteiger partial charge >= 0.3 is 0 Å². The zero-order valence-electron chi connectivity index (χ0n) is 12.0. The molecule has 0 atom stereocenters. The van der Waals surface area contributed by atoms with Crippen LogP contribution in [0.2, 0.25) is 5.02 Å². The highest BCUT2D eigenvalue weighted by atomic mass is 35.5. The van der Waals surface area contributed by atoms with Gasteiger partial charge in [-0.15, -0.1) is 0 Å². The highest BCUT2D eigenvalue weighted by Gasteiger charge is 2.10. The Balaban J connectivity index is 2.02. The third-order valence-electron chi connectivity index (χ3n) is 2.90. The number of amides is 1. The van der Waals surface area contributed by atoms with Gasteiger partial charge in [0.05, 0.1) is 17.2 Å². The number of benzene rings is 1. The average Bonchev–Trinajstić information content (AvgIpc) is 2.45. The largest absolute Gasteiger partial charge is 0.494 e. The minimum absolute atomic E-state index is 0.241. The van der Waals surface area contributed by atoms with Gasteiger partial charge in [0.2, 0.25) is 0 Å². The minimum Gasteiger partial charge on any atom is -0.494 e. The molecule has 21 heavy (non-hydrogen) atoms. The van der Waals surface area contributed by atoms with Gasteiger partial charge in [-0.25, -0.2) is 0 Å². The number of nitrogens with one attached hydrogen (secondary N) is 1. The first-order valence-electron chi connectivity index (χ1n) is 6.72. The number of hydrogen-bond donors (Lipinski definition) is 1. The maximum Gasteiger partial charge on any atom is 0.254 e. The first-order chi connectivity index (χ1) is 10.1. The van der Waals surface area contributed by atoms with E-state index in [1.807, 2.05) is 38.1 Å². The van der Waals surface area contributed by atoms with Crippen molar-refractivity contribution in [2.75, 3.05) is 6.61 Å². The second-order valence-corrected chi connectivity index (χ2v) is 4.98. The zero-order chi connectivity index (χ0) is 15.2. The van der Waals surface area contributed by atoms with E-state index in [0.717, 1.165) is 17.0 Å². The summed E-state index contributed by atoms with van der Waals surface area (Å²) in [6.45, 7) is 4.78. The number of nitrogens with zero attached hydrogens (tertiary/aromatic N) is 1. The van der Waals surface area contributed by atoms with Gasteiger partial charge in [0.1, 0.15) is 5.75 Å². The van der Waals surface area contributed by atoms with Crippen LogP contribution in [-0.4, -0.2) is 17.5 Å². The van der Waals surface area contributed by atoms with Gasteiger partial charge in [0.25, 0.3) is 5.91 Å². The highest BCUT2D eigenvalue weighted by Crippen LogP contribution is 2.16. The summed E-state index contributed by atoms with van der Waals surface area (Å²) < 4.78 is 5.43. The fourth-order valence-electron chi connectivity index (χ4n) is 1.88. The lowest BCUT2D eigenvalue weighted by molar-refractivity contribution is 0.0950. The van der Waals surface area contributed by atoms with Crippen LogP contribution in [0.15, 0.2) is 36.5 Å². The van der Waals surface area contributed by atoms with Crippen molar-refractivity contribution in [1.82, 2.24) is 10.3 Å². The van der Waals surface area contributed by atoms with Gasteiger partial charge in [-0.05, 0) is 37.6 Å². The second kappa shape index (κ2) is 7.09. The summed E-state index contributed by atoms with van der Waals surface area (Å²) in [5.41, 5.74) is 2.12. The molecule has 1 aromatic carbocycles. The molecule has 0 unspecified atom stereocenters. The first kappa shape index (κ1) is 15.3. The van der Waals surface area contributed by atoms with E-state index in [1.54, 1.807) is 6.07 Å². The van der Waals surface area contributed by atoms with Gasteiger partial charge in [0, 0.05) is 18.4 Å².